The number of halogens is 3. The van der Waals surface area contributed by atoms with Gasteiger partial charge in [-0.05, 0) is 61.0 Å². The first-order chi connectivity index (χ1) is 19.2. The van der Waals surface area contributed by atoms with Gasteiger partial charge in [-0.1, -0.05) is 23.7 Å². The van der Waals surface area contributed by atoms with Gasteiger partial charge in [0.25, 0.3) is 0 Å². The molecule has 0 bridgehead atoms. The largest absolute Gasteiger partial charge is 0.447 e. The van der Waals surface area contributed by atoms with Crippen LogP contribution in [0, 0.1) is 11.6 Å². The number of nitrogens with one attached hydrogen (secondary N) is 4. The van der Waals surface area contributed by atoms with Crippen LogP contribution in [0.3, 0.4) is 0 Å². The van der Waals surface area contributed by atoms with Gasteiger partial charge in [0.15, 0.2) is 0 Å². The number of hydrogen-bond acceptors (Lipinski definition) is 6. The maximum atomic E-state index is 13.9. The van der Waals surface area contributed by atoms with Crippen LogP contribution in [0.25, 0.3) is 10.8 Å². The topological polar surface area (TPSA) is 125 Å². The molecule has 13 heteroatoms. The van der Waals surface area contributed by atoms with E-state index in [0.717, 1.165) is 0 Å². The Balaban J connectivity index is 1.67. The molecular weight excluding hydrogens is 546 g/mol. The molecule has 0 aliphatic heterocycles. The number of nitrogens with zero attached hydrogens (tertiary/aromatic N) is 2. The lowest BCUT2D eigenvalue weighted by atomic mass is 10.1. The summed E-state index contributed by atoms with van der Waals surface area (Å²) in [5, 5.41) is 10.3. The number of ether oxygens (including phenoxy) is 1. The van der Waals surface area contributed by atoms with Gasteiger partial charge in [-0.2, -0.15) is 0 Å². The molecule has 2 aromatic carbocycles. The van der Waals surface area contributed by atoms with E-state index >= 15 is 0 Å². The van der Waals surface area contributed by atoms with Gasteiger partial charge in [0.05, 0.1) is 11.1 Å². The number of benzene rings is 2. The van der Waals surface area contributed by atoms with E-state index in [4.69, 9.17) is 16.3 Å². The molecule has 1 aromatic heterocycles. The Morgan fingerprint density at radius 2 is 1.90 bits per heavy atom. The second kappa shape index (κ2) is 14.9. The van der Waals surface area contributed by atoms with E-state index in [2.05, 4.69) is 26.4 Å². The van der Waals surface area contributed by atoms with E-state index < -0.39 is 23.8 Å². The van der Waals surface area contributed by atoms with Gasteiger partial charge < -0.3 is 15.4 Å². The Bertz CT molecular complexity index is 1350. The maximum absolute atomic E-state index is 13.9. The monoisotopic (exact) mass is 576 g/mol. The van der Waals surface area contributed by atoms with Gasteiger partial charge in [0, 0.05) is 38.1 Å². The molecule has 0 aliphatic carbocycles. The van der Waals surface area contributed by atoms with E-state index in [-0.39, 0.29) is 35.9 Å². The van der Waals surface area contributed by atoms with E-state index in [1.807, 2.05) is 0 Å². The molecule has 3 aromatic rings. The number of pyridine rings is 1. The Morgan fingerprint density at radius 3 is 2.65 bits per heavy atom. The zero-order valence-corrected chi connectivity index (χ0v) is 22.9. The Kier molecular flexibility index (Phi) is 11.4. The summed E-state index contributed by atoms with van der Waals surface area (Å²) in [6.45, 7) is 3.74. The van der Waals surface area contributed by atoms with Crippen molar-refractivity contribution in [3.8, 4) is 0 Å². The average Bonchev–Trinajstić information content (AvgIpc) is 2.91. The number of hydrogen-bond donors (Lipinski definition) is 4. The summed E-state index contributed by atoms with van der Waals surface area (Å²) >= 11 is 6.05. The van der Waals surface area contributed by atoms with Crippen molar-refractivity contribution < 1.29 is 27.9 Å². The lowest BCUT2D eigenvalue weighted by Gasteiger charge is -2.31. The Morgan fingerprint density at radius 1 is 1.10 bits per heavy atom. The molecule has 0 fully saturated rings. The van der Waals surface area contributed by atoms with Gasteiger partial charge in [-0.25, -0.2) is 28.8 Å². The number of aromatic nitrogens is 1. The predicted octanol–water partition coefficient (Wildman–Crippen LogP) is 4.74. The van der Waals surface area contributed by atoms with Crippen molar-refractivity contribution in [2.75, 3.05) is 25.0 Å². The highest BCUT2D eigenvalue weighted by Gasteiger charge is 2.23. The van der Waals surface area contributed by atoms with Gasteiger partial charge in [-0.15, -0.1) is 0 Å². The molecule has 10 nitrogen and oxygen atoms in total. The molecule has 0 aliphatic rings. The number of urea groups is 1. The highest BCUT2D eigenvalue weighted by Crippen LogP contribution is 2.20. The molecule has 0 spiro atoms. The number of carbonyl (C=O) groups excluding carboxylic acids is 3. The lowest BCUT2D eigenvalue weighted by Crippen LogP contribution is -2.50. The first-order valence-corrected chi connectivity index (χ1v) is 13.0. The van der Waals surface area contributed by atoms with Crippen LogP contribution in [-0.2, 0) is 16.1 Å². The Labute approximate surface area is 235 Å². The number of rotatable bonds is 12. The maximum Gasteiger partial charge on any atom is 0.412 e. The minimum absolute atomic E-state index is 0.0353. The molecule has 0 unspecified atom stereocenters. The van der Waals surface area contributed by atoms with Crippen molar-refractivity contribution in [3.63, 3.8) is 0 Å². The fraction of sp³-hybridized carbons (Fsp3) is 0.333. The molecule has 0 saturated carbocycles. The van der Waals surface area contributed by atoms with Crippen LogP contribution < -0.4 is 21.4 Å². The van der Waals surface area contributed by atoms with Crippen LogP contribution in [0.5, 0.6) is 0 Å². The predicted molar refractivity (Wildman–Crippen MR) is 148 cm³/mol. The van der Waals surface area contributed by atoms with Crippen LogP contribution in [0.4, 0.5) is 24.2 Å². The number of amides is 4. The first-order valence-electron chi connectivity index (χ1n) is 12.6. The SMILES string of the molecule is CCNC(=O)NCCC[C@@H](COC(=O)Nc1cc2cc(F)ccc2cn1)N(NCc1cccc(F)c1Cl)C(C)=O. The normalized spacial score (nSPS) is 11.5. The quantitative estimate of drug-likeness (QED) is 0.182. The molecule has 1 heterocycles. The highest BCUT2D eigenvalue weighted by molar-refractivity contribution is 6.31. The zero-order valence-electron chi connectivity index (χ0n) is 22.1. The lowest BCUT2D eigenvalue weighted by molar-refractivity contribution is -0.136. The van der Waals surface area contributed by atoms with Crippen molar-refractivity contribution in [2.24, 2.45) is 0 Å². The van der Waals surface area contributed by atoms with Crippen molar-refractivity contribution in [3.05, 3.63) is 70.9 Å². The summed E-state index contributed by atoms with van der Waals surface area (Å²) < 4.78 is 32.9. The fourth-order valence-electron chi connectivity index (χ4n) is 3.90. The van der Waals surface area contributed by atoms with E-state index in [1.165, 1.54) is 48.5 Å². The second-order valence-corrected chi connectivity index (χ2v) is 9.18. The smallest absolute Gasteiger partial charge is 0.412 e. The molecule has 1 atom stereocenters. The summed E-state index contributed by atoms with van der Waals surface area (Å²) in [6, 6.07) is 9.10. The van der Waals surface area contributed by atoms with Crippen LogP contribution in [0.2, 0.25) is 5.02 Å². The Hall–Kier alpha value is -4.03. The third-order valence-corrected chi connectivity index (χ3v) is 6.26. The molecule has 214 valence electrons. The summed E-state index contributed by atoms with van der Waals surface area (Å²) in [6.07, 6.45) is 1.46. The third kappa shape index (κ3) is 9.02. The number of anilines is 1. The van der Waals surface area contributed by atoms with Gasteiger partial charge in [-0.3, -0.25) is 15.1 Å². The van der Waals surface area contributed by atoms with Crippen LogP contribution in [0.15, 0.2) is 48.7 Å². The van der Waals surface area contributed by atoms with Crippen molar-refractivity contribution in [2.45, 2.75) is 39.3 Å². The third-order valence-electron chi connectivity index (χ3n) is 5.83. The van der Waals surface area contributed by atoms with Crippen LogP contribution in [-0.4, -0.2) is 53.8 Å². The molecule has 0 saturated heterocycles. The minimum Gasteiger partial charge on any atom is -0.447 e. The van der Waals surface area contributed by atoms with Crippen molar-refractivity contribution in [1.29, 1.82) is 0 Å². The molecule has 40 heavy (non-hydrogen) atoms. The first kappa shape index (κ1) is 30.5. The number of fused-ring (bicyclic) bond motifs is 1. The summed E-state index contributed by atoms with van der Waals surface area (Å²) in [5.74, 6) is -1.23. The highest BCUT2D eigenvalue weighted by atomic mass is 35.5. The van der Waals surface area contributed by atoms with E-state index in [0.29, 0.717) is 42.3 Å². The summed E-state index contributed by atoms with van der Waals surface area (Å²) in [7, 11) is 0. The van der Waals surface area contributed by atoms with Crippen LogP contribution >= 0.6 is 11.6 Å². The van der Waals surface area contributed by atoms with Crippen LogP contribution in [0.1, 0.15) is 32.3 Å². The second-order valence-electron chi connectivity index (χ2n) is 8.80. The van der Waals surface area contributed by atoms with Crippen molar-refractivity contribution >= 4 is 46.2 Å². The van der Waals surface area contributed by atoms with E-state index in [9.17, 15) is 23.2 Å². The molecule has 0 radical (unpaired) electrons. The number of carbonyl (C=O) groups is 3. The summed E-state index contributed by atoms with van der Waals surface area (Å²) in [5.41, 5.74) is 3.38. The fourth-order valence-corrected chi connectivity index (χ4v) is 4.09. The summed E-state index contributed by atoms with van der Waals surface area (Å²) in [4.78, 5) is 40.9. The molecule has 3 rings (SSSR count). The van der Waals surface area contributed by atoms with Gasteiger partial charge >= 0.3 is 12.1 Å². The van der Waals surface area contributed by atoms with E-state index in [1.54, 1.807) is 19.1 Å². The number of hydrazine groups is 1. The van der Waals surface area contributed by atoms with Gasteiger partial charge in [0.1, 0.15) is 24.1 Å². The molecule has 4 N–H and O–H groups in total. The minimum atomic E-state index is -0.828. The van der Waals surface area contributed by atoms with Crippen molar-refractivity contribution in [1.82, 2.24) is 26.1 Å². The standard InChI is InChI=1S/C27H31ClF2N6O4/c1-3-31-26(38)32-11-5-7-22(36(17(2)37)34-15-19-6-4-8-23(30)25(19)28)16-40-27(39)35-24-13-20-12-21(29)10-9-18(20)14-33-24/h4,6,8-10,12-14,22,34H,3,5,7,11,15-16H2,1-2H3,(H2,31,32,38)(H,33,35,39)/t22-/m0/s1. The van der Waals surface area contributed by atoms with Gasteiger partial charge in [0.2, 0.25) is 5.91 Å². The zero-order chi connectivity index (χ0) is 29.1. The molecular formula is C27H31ClF2N6O4. The molecule has 4 amide bonds. The average molecular weight is 577 g/mol.